The molecule has 9 heteroatoms. The smallest absolute Gasteiger partial charge is 0.243 e. The van der Waals surface area contributed by atoms with Gasteiger partial charge in [-0.25, -0.2) is 8.42 Å². The lowest BCUT2D eigenvalue weighted by Gasteiger charge is -2.17. The van der Waals surface area contributed by atoms with Crippen LogP contribution in [0, 0.1) is 0 Å². The number of hydrogen-bond acceptors (Lipinski definition) is 4. The molecule has 0 aliphatic carbocycles. The van der Waals surface area contributed by atoms with E-state index in [-0.39, 0.29) is 11.4 Å². The first kappa shape index (κ1) is 18.4. The summed E-state index contributed by atoms with van der Waals surface area (Å²) < 4.78 is 30.9. The molecule has 21 heavy (non-hydrogen) atoms. The zero-order valence-corrected chi connectivity index (χ0v) is 14.8. The molecular weight excluding hydrogens is 384 g/mol. The van der Waals surface area contributed by atoms with Crippen LogP contribution in [0.3, 0.4) is 0 Å². The standard InChI is InChI=1S/C12H16BrClN2O4S/c1-16(8-12(17)15-5-6-20-2)21(18,19)9-3-4-11(14)10(13)7-9/h3-4,7H,5-6,8H2,1-2H3,(H,15,17). The summed E-state index contributed by atoms with van der Waals surface area (Å²) in [7, 11) is -0.895. The first-order valence-electron chi connectivity index (χ1n) is 5.96. The fraction of sp³-hybridized carbons (Fsp3) is 0.417. The van der Waals surface area contributed by atoms with Crippen molar-refractivity contribution in [3.63, 3.8) is 0 Å². The first-order valence-corrected chi connectivity index (χ1v) is 8.57. The predicted molar refractivity (Wildman–Crippen MR) is 83.9 cm³/mol. The highest BCUT2D eigenvalue weighted by molar-refractivity contribution is 9.10. The van der Waals surface area contributed by atoms with Crippen LogP contribution in [0.5, 0.6) is 0 Å². The van der Waals surface area contributed by atoms with Crippen molar-refractivity contribution in [1.29, 1.82) is 0 Å². The number of halogens is 2. The largest absolute Gasteiger partial charge is 0.383 e. The van der Waals surface area contributed by atoms with Crippen LogP contribution in [0.25, 0.3) is 0 Å². The third-order valence-corrected chi connectivity index (χ3v) is 5.61. The van der Waals surface area contributed by atoms with Gasteiger partial charge in [0.05, 0.1) is 23.1 Å². The maximum Gasteiger partial charge on any atom is 0.243 e. The van der Waals surface area contributed by atoms with Crippen LogP contribution in [0.1, 0.15) is 0 Å². The summed E-state index contributed by atoms with van der Waals surface area (Å²) in [5, 5.41) is 2.97. The second-order valence-corrected chi connectivity index (χ2v) is 7.49. The zero-order valence-electron chi connectivity index (χ0n) is 11.6. The summed E-state index contributed by atoms with van der Waals surface area (Å²) in [6, 6.07) is 4.27. The van der Waals surface area contributed by atoms with Crippen molar-refractivity contribution in [1.82, 2.24) is 9.62 Å². The monoisotopic (exact) mass is 398 g/mol. The van der Waals surface area contributed by atoms with Crippen LogP contribution in [0.15, 0.2) is 27.6 Å². The molecule has 0 atom stereocenters. The second kappa shape index (κ2) is 8.09. The minimum atomic E-state index is -3.75. The van der Waals surface area contributed by atoms with E-state index in [1.54, 1.807) is 0 Å². The Hall–Kier alpha value is -0.670. The highest BCUT2D eigenvalue weighted by atomic mass is 79.9. The van der Waals surface area contributed by atoms with Crippen molar-refractivity contribution in [2.45, 2.75) is 4.90 Å². The number of rotatable bonds is 7. The minimum absolute atomic E-state index is 0.0611. The number of benzene rings is 1. The van der Waals surface area contributed by atoms with Crippen LogP contribution in [0.2, 0.25) is 5.02 Å². The van der Waals surface area contributed by atoms with Gasteiger partial charge in [-0.15, -0.1) is 0 Å². The van der Waals surface area contributed by atoms with E-state index >= 15 is 0 Å². The number of carbonyl (C=O) groups excluding carboxylic acids is 1. The summed E-state index contributed by atoms with van der Waals surface area (Å²) >= 11 is 9.01. The molecular formula is C12H16BrClN2O4S. The van der Waals surface area contributed by atoms with Gasteiger partial charge < -0.3 is 10.1 Å². The van der Waals surface area contributed by atoms with E-state index in [0.29, 0.717) is 22.6 Å². The van der Waals surface area contributed by atoms with Gasteiger partial charge in [0.1, 0.15) is 0 Å². The fourth-order valence-corrected chi connectivity index (χ4v) is 3.25. The maximum absolute atomic E-state index is 12.3. The third kappa shape index (κ3) is 5.23. The number of nitrogens with one attached hydrogen (secondary N) is 1. The predicted octanol–water partition coefficient (Wildman–Crippen LogP) is 1.49. The van der Waals surface area contributed by atoms with Gasteiger partial charge in [0.25, 0.3) is 0 Å². The number of hydrogen-bond donors (Lipinski definition) is 1. The topological polar surface area (TPSA) is 75.7 Å². The Morgan fingerprint density at radius 2 is 2.14 bits per heavy atom. The number of amides is 1. The lowest BCUT2D eigenvalue weighted by Crippen LogP contribution is -2.39. The van der Waals surface area contributed by atoms with Gasteiger partial charge in [-0.1, -0.05) is 11.6 Å². The number of nitrogens with zero attached hydrogens (tertiary/aromatic N) is 1. The van der Waals surface area contributed by atoms with E-state index in [1.807, 2.05) is 0 Å². The maximum atomic E-state index is 12.3. The SMILES string of the molecule is COCCNC(=O)CN(C)S(=O)(=O)c1ccc(Cl)c(Br)c1. The molecule has 0 saturated carbocycles. The van der Waals surface area contributed by atoms with Crippen LogP contribution in [-0.2, 0) is 19.6 Å². The first-order chi connectivity index (χ1) is 9.78. The third-order valence-electron chi connectivity index (χ3n) is 2.59. The molecule has 1 amide bonds. The van der Waals surface area contributed by atoms with E-state index in [2.05, 4.69) is 21.2 Å². The molecule has 0 aliphatic heterocycles. The highest BCUT2D eigenvalue weighted by Gasteiger charge is 2.23. The Morgan fingerprint density at radius 3 is 2.71 bits per heavy atom. The number of ether oxygens (including phenoxy) is 1. The molecule has 0 bridgehead atoms. The molecule has 0 aliphatic rings. The summed E-state index contributed by atoms with van der Waals surface area (Å²) in [5.41, 5.74) is 0. The van der Waals surface area contributed by atoms with Crippen molar-refractivity contribution < 1.29 is 17.9 Å². The van der Waals surface area contributed by atoms with Crippen LogP contribution < -0.4 is 5.32 Å². The number of likely N-dealkylation sites (N-methyl/N-ethyl adjacent to an activating group) is 1. The summed E-state index contributed by atoms with van der Waals surface area (Å²) in [6.07, 6.45) is 0. The van der Waals surface area contributed by atoms with Crippen molar-refractivity contribution in [2.24, 2.45) is 0 Å². The summed E-state index contributed by atoms with van der Waals surface area (Å²) in [6.45, 7) is 0.425. The molecule has 118 valence electrons. The van der Waals surface area contributed by atoms with E-state index in [0.717, 1.165) is 4.31 Å². The van der Waals surface area contributed by atoms with E-state index in [1.165, 1.54) is 32.4 Å². The lowest BCUT2D eigenvalue weighted by molar-refractivity contribution is -0.121. The summed E-state index contributed by atoms with van der Waals surface area (Å²) in [5.74, 6) is -0.397. The number of sulfonamides is 1. The lowest BCUT2D eigenvalue weighted by atomic mass is 10.4. The summed E-state index contributed by atoms with van der Waals surface area (Å²) in [4.78, 5) is 11.7. The molecule has 0 unspecified atom stereocenters. The van der Waals surface area contributed by atoms with Gasteiger partial charge in [-0.05, 0) is 34.1 Å². The Labute approximate surface area is 137 Å². The van der Waals surface area contributed by atoms with Crippen LogP contribution in [-0.4, -0.2) is 52.5 Å². The Kier molecular flexibility index (Phi) is 7.08. The molecule has 0 fully saturated rings. The average molecular weight is 400 g/mol. The average Bonchev–Trinajstić information content (AvgIpc) is 2.41. The minimum Gasteiger partial charge on any atom is -0.383 e. The molecule has 0 saturated heterocycles. The van der Waals surface area contributed by atoms with Gasteiger partial charge in [-0.3, -0.25) is 4.79 Å². The number of methoxy groups -OCH3 is 1. The van der Waals surface area contributed by atoms with Crippen LogP contribution in [0.4, 0.5) is 0 Å². The normalized spacial score (nSPS) is 11.7. The molecule has 0 spiro atoms. The van der Waals surface area contributed by atoms with Crippen molar-refractivity contribution in [3.8, 4) is 0 Å². The van der Waals surface area contributed by atoms with Gasteiger partial charge >= 0.3 is 0 Å². The van der Waals surface area contributed by atoms with Crippen LogP contribution >= 0.6 is 27.5 Å². The van der Waals surface area contributed by atoms with E-state index < -0.39 is 15.9 Å². The molecule has 1 aromatic carbocycles. The Morgan fingerprint density at radius 1 is 1.48 bits per heavy atom. The van der Waals surface area contributed by atoms with Crippen molar-refractivity contribution >= 4 is 43.5 Å². The molecule has 0 aromatic heterocycles. The van der Waals surface area contributed by atoms with Gasteiger partial charge in [0, 0.05) is 25.2 Å². The second-order valence-electron chi connectivity index (χ2n) is 4.18. The molecule has 0 radical (unpaired) electrons. The number of carbonyl (C=O) groups is 1. The van der Waals surface area contributed by atoms with Gasteiger partial charge in [0.15, 0.2) is 0 Å². The molecule has 1 rings (SSSR count). The van der Waals surface area contributed by atoms with Gasteiger partial charge in [-0.2, -0.15) is 4.31 Å². The molecule has 6 nitrogen and oxygen atoms in total. The van der Waals surface area contributed by atoms with E-state index in [4.69, 9.17) is 16.3 Å². The van der Waals surface area contributed by atoms with Crippen molar-refractivity contribution in [2.75, 3.05) is 33.9 Å². The Balaban J connectivity index is 2.77. The van der Waals surface area contributed by atoms with Crippen molar-refractivity contribution in [3.05, 3.63) is 27.7 Å². The van der Waals surface area contributed by atoms with Gasteiger partial charge in [0.2, 0.25) is 15.9 Å². The Bertz CT molecular complexity index is 609. The highest BCUT2D eigenvalue weighted by Crippen LogP contribution is 2.26. The zero-order chi connectivity index (χ0) is 16.0. The molecule has 1 aromatic rings. The quantitative estimate of drug-likeness (QED) is 0.705. The molecule has 0 heterocycles. The fourth-order valence-electron chi connectivity index (χ4n) is 1.45. The van der Waals surface area contributed by atoms with E-state index in [9.17, 15) is 13.2 Å². The molecule has 1 N–H and O–H groups in total.